The molecule has 1 aliphatic rings. The smallest absolute Gasteiger partial charge is 0.321 e. The minimum Gasteiger partial charge on any atom is -0.497 e. The van der Waals surface area contributed by atoms with Crippen molar-refractivity contribution in [2.75, 3.05) is 65.1 Å². The Kier molecular flexibility index (Phi) is 11.4. The van der Waals surface area contributed by atoms with Crippen LogP contribution in [0.15, 0.2) is 42.5 Å². The largest absolute Gasteiger partial charge is 0.497 e. The van der Waals surface area contributed by atoms with Crippen LogP contribution in [-0.4, -0.2) is 104 Å². The van der Waals surface area contributed by atoms with Crippen LogP contribution in [0.5, 0.6) is 11.5 Å². The van der Waals surface area contributed by atoms with Gasteiger partial charge >= 0.3 is 6.03 Å². The predicted molar refractivity (Wildman–Crippen MR) is 159 cm³/mol. The molecule has 2 aromatic rings. The Morgan fingerprint density at radius 2 is 1.80 bits per heavy atom. The number of fused-ring (bicyclic) bond motifs is 1. The number of benzene rings is 2. The van der Waals surface area contributed by atoms with Gasteiger partial charge in [-0.05, 0) is 76.4 Å². The van der Waals surface area contributed by atoms with Gasteiger partial charge in [-0.3, -0.25) is 9.59 Å². The maximum atomic E-state index is 13.6. The summed E-state index contributed by atoms with van der Waals surface area (Å²) in [6.45, 7) is 4.90. The normalized spacial score (nSPS) is 17.6. The first-order chi connectivity index (χ1) is 19.5. The lowest BCUT2D eigenvalue weighted by Gasteiger charge is -2.38. The quantitative estimate of drug-likeness (QED) is 0.379. The zero-order chi connectivity index (χ0) is 30.1. The molecule has 224 valence electrons. The highest BCUT2D eigenvalue weighted by molar-refractivity contribution is 6.00. The number of anilines is 2. The van der Waals surface area contributed by atoms with Gasteiger partial charge in [0.1, 0.15) is 17.6 Å². The van der Waals surface area contributed by atoms with E-state index >= 15 is 0 Å². The average Bonchev–Trinajstić information content (AvgIpc) is 2.94. The summed E-state index contributed by atoms with van der Waals surface area (Å²) in [7, 11) is 7.17. The Morgan fingerprint density at radius 1 is 1.12 bits per heavy atom. The fraction of sp³-hybridized carbons (Fsp3) is 0.500. The highest BCUT2D eigenvalue weighted by atomic mass is 16.5. The highest BCUT2D eigenvalue weighted by Gasteiger charge is 2.34. The van der Waals surface area contributed by atoms with Gasteiger partial charge in [0.25, 0.3) is 5.91 Å². The van der Waals surface area contributed by atoms with Crippen LogP contribution < -0.4 is 20.1 Å². The molecule has 0 unspecified atom stereocenters. The first kappa shape index (κ1) is 31.7. The molecular formula is C30H43N5O6. The van der Waals surface area contributed by atoms with Crippen LogP contribution in [-0.2, 0) is 4.79 Å². The number of carbonyl (C=O) groups is 3. The molecule has 0 aliphatic carbocycles. The zero-order valence-corrected chi connectivity index (χ0v) is 24.8. The van der Waals surface area contributed by atoms with Gasteiger partial charge in [0.15, 0.2) is 0 Å². The van der Waals surface area contributed by atoms with Crippen molar-refractivity contribution in [2.24, 2.45) is 5.92 Å². The van der Waals surface area contributed by atoms with E-state index in [2.05, 4.69) is 10.6 Å². The summed E-state index contributed by atoms with van der Waals surface area (Å²) in [5.41, 5.74) is 1.41. The van der Waals surface area contributed by atoms with E-state index in [4.69, 9.17) is 9.47 Å². The van der Waals surface area contributed by atoms with Crippen LogP contribution in [0.1, 0.15) is 37.0 Å². The number of amides is 4. The number of methoxy groups -OCH3 is 1. The van der Waals surface area contributed by atoms with Crippen molar-refractivity contribution in [3.8, 4) is 11.5 Å². The number of likely N-dealkylation sites (N-methyl/N-ethyl adjacent to an activating group) is 1. The fourth-order valence-corrected chi connectivity index (χ4v) is 4.54. The van der Waals surface area contributed by atoms with Gasteiger partial charge in [-0.1, -0.05) is 6.92 Å². The number of carbonyl (C=O) groups excluding carboxylic acids is 3. The van der Waals surface area contributed by atoms with Crippen molar-refractivity contribution in [3.05, 3.63) is 48.0 Å². The number of rotatable bonds is 11. The number of nitrogens with zero attached hydrogens (tertiary/aromatic N) is 3. The summed E-state index contributed by atoms with van der Waals surface area (Å²) < 4.78 is 11.5. The van der Waals surface area contributed by atoms with E-state index < -0.39 is 12.1 Å². The molecule has 11 heteroatoms. The lowest BCUT2D eigenvalue weighted by molar-refractivity contribution is -0.116. The van der Waals surface area contributed by atoms with Gasteiger partial charge in [-0.15, -0.1) is 0 Å². The van der Waals surface area contributed by atoms with E-state index in [1.165, 1.54) is 4.90 Å². The topological polar surface area (TPSA) is 124 Å². The van der Waals surface area contributed by atoms with Crippen molar-refractivity contribution in [1.82, 2.24) is 14.7 Å². The third kappa shape index (κ3) is 8.83. The van der Waals surface area contributed by atoms with E-state index in [0.29, 0.717) is 47.8 Å². The van der Waals surface area contributed by atoms with Gasteiger partial charge in [0.2, 0.25) is 5.91 Å². The van der Waals surface area contributed by atoms with E-state index in [0.717, 1.165) is 6.54 Å². The molecule has 0 fully saturated rings. The van der Waals surface area contributed by atoms with E-state index in [1.54, 1.807) is 68.4 Å². The summed E-state index contributed by atoms with van der Waals surface area (Å²) in [4.78, 5) is 44.3. The van der Waals surface area contributed by atoms with Crippen molar-refractivity contribution in [1.29, 1.82) is 0 Å². The molecule has 0 aromatic heterocycles. The number of aliphatic hydroxyl groups excluding tert-OH is 1. The number of urea groups is 1. The number of ether oxygens (including phenoxy) is 2. The molecule has 41 heavy (non-hydrogen) atoms. The third-order valence-electron chi connectivity index (χ3n) is 7.10. The van der Waals surface area contributed by atoms with E-state index in [9.17, 15) is 19.5 Å². The summed E-state index contributed by atoms with van der Waals surface area (Å²) in [6.07, 6.45) is 0.623. The molecule has 4 amide bonds. The Labute approximate surface area is 242 Å². The average molecular weight is 570 g/mol. The molecule has 1 aliphatic heterocycles. The number of hydrogen-bond acceptors (Lipinski definition) is 7. The number of hydrogen-bond donors (Lipinski definition) is 3. The molecule has 0 bridgehead atoms. The van der Waals surface area contributed by atoms with Gasteiger partial charge in [-0.2, -0.15) is 0 Å². The predicted octanol–water partition coefficient (Wildman–Crippen LogP) is 3.36. The maximum Gasteiger partial charge on any atom is 0.321 e. The summed E-state index contributed by atoms with van der Waals surface area (Å²) in [6, 6.07) is 11.3. The summed E-state index contributed by atoms with van der Waals surface area (Å²) >= 11 is 0. The minimum atomic E-state index is -0.451. The van der Waals surface area contributed by atoms with Crippen LogP contribution >= 0.6 is 0 Å². The zero-order valence-electron chi connectivity index (χ0n) is 24.8. The summed E-state index contributed by atoms with van der Waals surface area (Å²) in [5, 5.41) is 15.6. The monoisotopic (exact) mass is 569 g/mol. The van der Waals surface area contributed by atoms with Crippen molar-refractivity contribution < 1.29 is 29.0 Å². The molecule has 3 atom stereocenters. The third-order valence-corrected chi connectivity index (χ3v) is 7.10. The standard InChI is InChI=1S/C30H43N5O6/c1-20-17-35(21(2)19-36)29(38)25-16-23(31-28(37)8-7-15-33(3)4)11-14-26(25)41-27(20)18-34(5)30(39)32-22-9-12-24(40-6)13-10-22/h9-14,16,20-21,27,36H,7-8,15,17-19H2,1-6H3,(H,31,37)(H,32,39)/t20-,21+,27-/m0/s1. The molecule has 0 saturated heterocycles. The summed E-state index contributed by atoms with van der Waals surface area (Å²) in [5.74, 6) is 0.462. The molecule has 11 nitrogen and oxygen atoms in total. The number of aliphatic hydroxyl groups is 1. The van der Waals surface area contributed by atoms with Crippen molar-refractivity contribution in [2.45, 2.75) is 38.8 Å². The lowest BCUT2D eigenvalue weighted by atomic mass is 9.99. The molecule has 0 spiro atoms. The molecule has 2 aromatic carbocycles. The second-order valence-corrected chi connectivity index (χ2v) is 10.8. The van der Waals surface area contributed by atoms with Gasteiger partial charge in [0, 0.05) is 37.3 Å². The Balaban J connectivity index is 1.80. The van der Waals surface area contributed by atoms with Crippen LogP contribution in [0.3, 0.4) is 0 Å². The first-order valence-corrected chi connectivity index (χ1v) is 13.9. The second-order valence-electron chi connectivity index (χ2n) is 10.8. The Bertz CT molecular complexity index is 1190. The van der Waals surface area contributed by atoms with Gasteiger partial charge < -0.3 is 39.9 Å². The van der Waals surface area contributed by atoms with E-state index in [1.807, 2.05) is 25.9 Å². The van der Waals surface area contributed by atoms with Crippen LogP contribution in [0.2, 0.25) is 0 Å². The molecule has 0 saturated carbocycles. The van der Waals surface area contributed by atoms with Crippen molar-refractivity contribution >= 4 is 29.2 Å². The number of nitrogens with one attached hydrogen (secondary N) is 2. The maximum absolute atomic E-state index is 13.6. The lowest BCUT2D eigenvalue weighted by Crippen LogP contribution is -2.50. The highest BCUT2D eigenvalue weighted by Crippen LogP contribution is 2.31. The molecule has 3 rings (SSSR count). The molecular weight excluding hydrogens is 526 g/mol. The van der Waals surface area contributed by atoms with Crippen LogP contribution in [0.4, 0.5) is 16.2 Å². The fourth-order valence-electron chi connectivity index (χ4n) is 4.54. The molecule has 3 N–H and O–H groups in total. The van der Waals surface area contributed by atoms with Gasteiger partial charge in [-0.25, -0.2) is 4.79 Å². The first-order valence-electron chi connectivity index (χ1n) is 13.9. The Morgan fingerprint density at radius 3 is 2.44 bits per heavy atom. The Hall–Kier alpha value is -3.83. The minimum absolute atomic E-state index is 0.136. The van der Waals surface area contributed by atoms with E-state index in [-0.39, 0.29) is 36.9 Å². The SMILES string of the molecule is COc1ccc(NC(=O)N(C)C[C@@H]2Oc3ccc(NC(=O)CCCN(C)C)cc3C(=O)N([C@H](C)CO)C[C@@H]2C)cc1. The van der Waals surface area contributed by atoms with Crippen molar-refractivity contribution in [3.63, 3.8) is 0 Å². The molecule has 0 radical (unpaired) electrons. The second kappa shape index (κ2) is 14.7. The van der Waals surface area contributed by atoms with Gasteiger partial charge in [0.05, 0.1) is 31.9 Å². The van der Waals surface area contributed by atoms with Crippen LogP contribution in [0.25, 0.3) is 0 Å². The molecule has 1 heterocycles. The van der Waals surface area contributed by atoms with Crippen LogP contribution in [0, 0.1) is 5.92 Å².